The van der Waals surface area contributed by atoms with E-state index in [-0.39, 0.29) is 11.7 Å². The minimum atomic E-state index is -0.737. The number of aromatic hydroxyl groups is 1. The van der Waals surface area contributed by atoms with E-state index in [4.69, 9.17) is 16.7 Å². The summed E-state index contributed by atoms with van der Waals surface area (Å²) >= 11 is 6.07. The number of hydrogen-bond acceptors (Lipinski definition) is 3. The Balaban J connectivity index is 2.12. The van der Waals surface area contributed by atoms with E-state index in [1.54, 1.807) is 12.1 Å². The van der Waals surface area contributed by atoms with Crippen LogP contribution in [0.5, 0.6) is 5.75 Å². The minimum absolute atomic E-state index is 0.0682. The highest BCUT2D eigenvalue weighted by Crippen LogP contribution is 2.30. The number of aliphatic carboxylic acids is 1. The van der Waals surface area contributed by atoms with Crippen LogP contribution in [0.1, 0.15) is 25.3 Å². The van der Waals surface area contributed by atoms with Crippen LogP contribution in [0.15, 0.2) is 18.2 Å². The molecule has 0 radical (unpaired) electrons. The van der Waals surface area contributed by atoms with Crippen molar-refractivity contribution in [3.05, 3.63) is 28.8 Å². The number of nitrogens with zero attached hydrogens (tertiary/aromatic N) is 1. The lowest BCUT2D eigenvalue weighted by Gasteiger charge is -2.36. The number of benzene rings is 1. The number of likely N-dealkylation sites (tertiary alicyclic amines) is 1. The average molecular weight is 284 g/mol. The molecule has 2 rings (SSSR count). The molecule has 19 heavy (non-hydrogen) atoms. The Kier molecular flexibility index (Phi) is 4.32. The van der Waals surface area contributed by atoms with Crippen LogP contribution in [-0.4, -0.2) is 33.7 Å². The van der Waals surface area contributed by atoms with Crippen molar-refractivity contribution in [2.45, 2.75) is 32.4 Å². The molecule has 0 spiro atoms. The standard InChI is InChI=1S/C14H18ClNO3/c1-9-5-6-11(14(18)19)8-16(9)7-10-3-2-4-12(17)13(10)15/h2-4,9,11,17H,5-8H2,1H3,(H,18,19). The number of rotatable bonds is 3. The molecule has 0 aromatic heterocycles. The molecule has 1 fully saturated rings. The molecule has 104 valence electrons. The summed E-state index contributed by atoms with van der Waals surface area (Å²) in [5, 5.41) is 19.1. The highest BCUT2D eigenvalue weighted by atomic mass is 35.5. The fourth-order valence-electron chi connectivity index (χ4n) is 2.51. The molecule has 1 aromatic carbocycles. The van der Waals surface area contributed by atoms with Crippen LogP contribution in [0, 0.1) is 5.92 Å². The van der Waals surface area contributed by atoms with Crippen molar-refractivity contribution in [2.75, 3.05) is 6.54 Å². The molecule has 0 bridgehead atoms. The molecule has 2 atom stereocenters. The van der Waals surface area contributed by atoms with Crippen LogP contribution in [0.2, 0.25) is 5.02 Å². The third kappa shape index (κ3) is 3.19. The monoisotopic (exact) mass is 283 g/mol. The molecule has 1 heterocycles. The van der Waals surface area contributed by atoms with Gasteiger partial charge in [-0.05, 0) is 31.4 Å². The van der Waals surface area contributed by atoms with Crippen LogP contribution in [0.25, 0.3) is 0 Å². The molecule has 2 unspecified atom stereocenters. The minimum Gasteiger partial charge on any atom is -0.506 e. The number of piperidine rings is 1. The second-order valence-electron chi connectivity index (χ2n) is 5.14. The molecule has 0 aliphatic carbocycles. The van der Waals surface area contributed by atoms with Crippen LogP contribution in [0.3, 0.4) is 0 Å². The number of carboxylic acids is 1. The molecule has 5 heteroatoms. The summed E-state index contributed by atoms with van der Waals surface area (Å²) in [6, 6.07) is 5.49. The third-order valence-corrected chi connectivity index (χ3v) is 4.23. The molecule has 4 nitrogen and oxygen atoms in total. The second-order valence-corrected chi connectivity index (χ2v) is 5.52. The Morgan fingerprint density at radius 3 is 2.89 bits per heavy atom. The number of phenolic OH excluding ortho intramolecular Hbond substituents is 1. The van der Waals surface area contributed by atoms with Crippen LogP contribution in [0.4, 0.5) is 0 Å². The summed E-state index contributed by atoms with van der Waals surface area (Å²) in [6.45, 7) is 3.19. The van der Waals surface area contributed by atoms with Crippen LogP contribution < -0.4 is 0 Å². The summed E-state index contributed by atoms with van der Waals surface area (Å²) in [5.74, 6) is -0.982. The maximum atomic E-state index is 11.1. The summed E-state index contributed by atoms with van der Waals surface area (Å²) in [4.78, 5) is 13.2. The van der Waals surface area contributed by atoms with Gasteiger partial charge in [-0.15, -0.1) is 0 Å². The van der Waals surface area contributed by atoms with Gasteiger partial charge in [-0.2, -0.15) is 0 Å². The van der Waals surface area contributed by atoms with Gasteiger partial charge in [0.2, 0.25) is 0 Å². The lowest BCUT2D eigenvalue weighted by molar-refractivity contribution is -0.144. The smallest absolute Gasteiger partial charge is 0.307 e. The average Bonchev–Trinajstić information content (AvgIpc) is 2.37. The Labute approximate surface area is 117 Å². The predicted octanol–water partition coefficient (Wildman–Crippen LogP) is 2.73. The molecule has 1 saturated heterocycles. The Bertz CT molecular complexity index is 478. The van der Waals surface area contributed by atoms with Crippen molar-refractivity contribution < 1.29 is 15.0 Å². The van der Waals surface area contributed by atoms with Crippen LogP contribution >= 0.6 is 11.6 Å². The van der Waals surface area contributed by atoms with Gasteiger partial charge < -0.3 is 10.2 Å². The fourth-order valence-corrected chi connectivity index (χ4v) is 2.69. The number of carbonyl (C=O) groups is 1. The third-order valence-electron chi connectivity index (χ3n) is 3.79. The molecule has 1 aliphatic heterocycles. The largest absolute Gasteiger partial charge is 0.506 e. The zero-order valence-corrected chi connectivity index (χ0v) is 11.6. The van der Waals surface area contributed by atoms with E-state index in [1.807, 2.05) is 6.07 Å². The summed E-state index contributed by atoms with van der Waals surface area (Å²) in [7, 11) is 0. The van der Waals surface area contributed by atoms with Gasteiger partial charge in [0.15, 0.2) is 0 Å². The summed E-state index contributed by atoms with van der Waals surface area (Å²) < 4.78 is 0. The first kappa shape index (κ1) is 14.2. The zero-order chi connectivity index (χ0) is 14.0. The Morgan fingerprint density at radius 2 is 2.21 bits per heavy atom. The molecule has 0 saturated carbocycles. The van der Waals surface area contributed by atoms with Gasteiger partial charge >= 0.3 is 5.97 Å². The molecule has 0 amide bonds. The van der Waals surface area contributed by atoms with Gasteiger partial charge in [-0.25, -0.2) is 0 Å². The molecule has 1 aromatic rings. The number of hydrogen-bond donors (Lipinski definition) is 2. The topological polar surface area (TPSA) is 60.8 Å². The van der Waals surface area contributed by atoms with Crippen molar-refractivity contribution in [2.24, 2.45) is 5.92 Å². The number of halogens is 1. The van der Waals surface area contributed by atoms with E-state index >= 15 is 0 Å². The van der Waals surface area contributed by atoms with Gasteiger partial charge in [0.25, 0.3) is 0 Å². The summed E-state index contributed by atoms with van der Waals surface area (Å²) in [6.07, 6.45) is 1.59. The Morgan fingerprint density at radius 1 is 1.47 bits per heavy atom. The highest BCUT2D eigenvalue weighted by molar-refractivity contribution is 6.32. The molecule has 1 aliphatic rings. The summed E-state index contributed by atoms with van der Waals surface area (Å²) in [5.41, 5.74) is 0.833. The van der Waals surface area contributed by atoms with E-state index in [2.05, 4.69) is 11.8 Å². The quantitative estimate of drug-likeness (QED) is 0.895. The Hall–Kier alpha value is -1.26. The van der Waals surface area contributed by atoms with Crippen LogP contribution in [-0.2, 0) is 11.3 Å². The lowest BCUT2D eigenvalue weighted by Crippen LogP contribution is -2.43. The maximum Gasteiger partial charge on any atom is 0.307 e. The molecular weight excluding hydrogens is 266 g/mol. The van der Waals surface area contributed by atoms with E-state index < -0.39 is 5.97 Å². The van der Waals surface area contributed by atoms with Gasteiger partial charge in [0.1, 0.15) is 5.75 Å². The van der Waals surface area contributed by atoms with E-state index in [0.29, 0.717) is 24.2 Å². The van der Waals surface area contributed by atoms with E-state index in [1.165, 1.54) is 0 Å². The van der Waals surface area contributed by atoms with Crippen molar-refractivity contribution in [1.82, 2.24) is 4.90 Å². The second kappa shape index (κ2) is 5.80. The fraction of sp³-hybridized carbons (Fsp3) is 0.500. The van der Waals surface area contributed by atoms with Gasteiger partial charge in [-0.3, -0.25) is 9.69 Å². The van der Waals surface area contributed by atoms with Gasteiger partial charge in [0.05, 0.1) is 10.9 Å². The zero-order valence-electron chi connectivity index (χ0n) is 10.8. The number of phenols is 1. The molecule has 2 N–H and O–H groups in total. The predicted molar refractivity (Wildman–Crippen MR) is 73.3 cm³/mol. The van der Waals surface area contributed by atoms with E-state index in [9.17, 15) is 9.90 Å². The first-order chi connectivity index (χ1) is 8.99. The lowest BCUT2D eigenvalue weighted by atomic mass is 9.93. The maximum absolute atomic E-state index is 11.1. The molecular formula is C14H18ClNO3. The van der Waals surface area contributed by atoms with Gasteiger partial charge in [0, 0.05) is 19.1 Å². The number of carboxylic acid groups (broad SMARTS) is 1. The SMILES string of the molecule is CC1CCC(C(=O)O)CN1Cc1cccc(O)c1Cl. The first-order valence-electron chi connectivity index (χ1n) is 6.42. The van der Waals surface area contributed by atoms with E-state index in [0.717, 1.165) is 18.4 Å². The van der Waals surface area contributed by atoms with Crippen molar-refractivity contribution in [1.29, 1.82) is 0 Å². The van der Waals surface area contributed by atoms with Gasteiger partial charge in [-0.1, -0.05) is 23.7 Å². The van der Waals surface area contributed by atoms with Crippen molar-refractivity contribution in [3.8, 4) is 5.75 Å². The van der Waals surface area contributed by atoms with Crippen molar-refractivity contribution >= 4 is 17.6 Å². The highest BCUT2D eigenvalue weighted by Gasteiger charge is 2.29. The van der Waals surface area contributed by atoms with Crippen molar-refractivity contribution in [3.63, 3.8) is 0 Å². The normalized spacial score (nSPS) is 24.3. The first-order valence-corrected chi connectivity index (χ1v) is 6.80.